The van der Waals surface area contributed by atoms with E-state index in [1.807, 2.05) is 6.08 Å². The van der Waals surface area contributed by atoms with Crippen molar-refractivity contribution in [3.63, 3.8) is 0 Å². The van der Waals surface area contributed by atoms with Gasteiger partial charge in [0.25, 0.3) is 0 Å². The van der Waals surface area contributed by atoms with Gasteiger partial charge in [0.15, 0.2) is 0 Å². The molecule has 0 heteroatoms. The van der Waals surface area contributed by atoms with Gasteiger partial charge < -0.3 is 0 Å². The summed E-state index contributed by atoms with van der Waals surface area (Å²) in [6, 6.07) is 6.74. The Hall–Kier alpha value is -1.04. The summed E-state index contributed by atoms with van der Waals surface area (Å²) in [5.74, 6) is 0. The van der Waals surface area contributed by atoms with E-state index in [0.29, 0.717) is 0 Å². The van der Waals surface area contributed by atoms with Crippen LogP contribution in [0.1, 0.15) is 81.9 Å². The predicted molar refractivity (Wildman–Crippen MR) is 92.2 cm³/mol. The van der Waals surface area contributed by atoms with Crippen molar-refractivity contribution in [3.05, 3.63) is 41.5 Å². The van der Waals surface area contributed by atoms with Crippen LogP contribution in [0.25, 0.3) is 6.08 Å². The Morgan fingerprint density at radius 2 is 1.50 bits per heavy atom. The minimum Gasteiger partial charge on any atom is -0.0985 e. The Kier molecular flexibility index (Phi) is 9.11. The Balaban J connectivity index is 2.63. The topological polar surface area (TPSA) is 0 Å². The molecule has 0 aromatic heterocycles. The van der Waals surface area contributed by atoms with E-state index in [1.54, 1.807) is 11.1 Å². The molecular formula is C20H32. The van der Waals surface area contributed by atoms with Gasteiger partial charge in [-0.05, 0) is 42.4 Å². The van der Waals surface area contributed by atoms with Gasteiger partial charge in [-0.25, -0.2) is 0 Å². The third kappa shape index (κ3) is 5.94. The molecule has 0 spiro atoms. The van der Waals surface area contributed by atoms with Crippen LogP contribution in [0.5, 0.6) is 0 Å². The molecule has 0 unspecified atom stereocenters. The lowest BCUT2D eigenvalue weighted by atomic mass is 9.92. The van der Waals surface area contributed by atoms with Crippen molar-refractivity contribution in [2.75, 3.05) is 0 Å². The monoisotopic (exact) mass is 272 g/mol. The van der Waals surface area contributed by atoms with Crippen LogP contribution >= 0.6 is 0 Å². The number of unbranched alkanes of at least 4 members (excludes halogenated alkanes) is 6. The van der Waals surface area contributed by atoms with Crippen LogP contribution in [0.2, 0.25) is 0 Å². The first-order valence-electron chi connectivity index (χ1n) is 8.56. The van der Waals surface area contributed by atoms with Gasteiger partial charge in [0.1, 0.15) is 0 Å². The second-order valence-corrected chi connectivity index (χ2v) is 5.81. The molecule has 0 saturated heterocycles. The van der Waals surface area contributed by atoms with Crippen molar-refractivity contribution in [3.8, 4) is 0 Å². The van der Waals surface area contributed by atoms with Gasteiger partial charge in [0, 0.05) is 0 Å². The highest BCUT2D eigenvalue weighted by molar-refractivity contribution is 5.54. The van der Waals surface area contributed by atoms with Gasteiger partial charge in [-0.3, -0.25) is 0 Å². The zero-order valence-corrected chi connectivity index (χ0v) is 13.6. The molecule has 20 heavy (non-hydrogen) atoms. The van der Waals surface area contributed by atoms with E-state index in [9.17, 15) is 0 Å². The highest BCUT2D eigenvalue weighted by Crippen LogP contribution is 2.21. The molecule has 1 aromatic carbocycles. The van der Waals surface area contributed by atoms with Gasteiger partial charge in [0.05, 0.1) is 0 Å². The predicted octanol–water partition coefficient (Wildman–Crippen LogP) is 6.58. The highest BCUT2D eigenvalue weighted by Gasteiger charge is 2.06. The van der Waals surface area contributed by atoms with Crippen LogP contribution in [0.15, 0.2) is 24.8 Å². The molecule has 0 atom stereocenters. The van der Waals surface area contributed by atoms with Crippen molar-refractivity contribution in [2.24, 2.45) is 0 Å². The summed E-state index contributed by atoms with van der Waals surface area (Å²) in [5, 5.41) is 0. The first kappa shape index (κ1) is 17.0. The third-order valence-electron chi connectivity index (χ3n) is 4.11. The van der Waals surface area contributed by atoms with Gasteiger partial charge >= 0.3 is 0 Å². The fourth-order valence-electron chi connectivity index (χ4n) is 2.86. The maximum Gasteiger partial charge on any atom is -0.0228 e. The normalized spacial score (nSPS) is 10.7. The van der Waals surface area contributed by atoms with Crippen molar-refractivity contribution in [1.82, 2.24) is 0 Å². The molecule has 1 rings (SSSR count). The fraction of sp³-hybridized carbons (Fsp3) is 0.600. The van der Waals surface area contributed by atoms with Gasteiger partial charge in [0.2, 0.25) is 0 Å². The second kappa shape index (κ2) is 10.7. The second-order valence-electron chi connectivity index (χ2n) is 5.81. The van der Waals surface area contributed by atoms with Crippen molar-refractivity contribution >= 4 is 6.08 Å². The van der Waals surface area contributed by atoms with E-state index >= 15 is 0 Å². The van der Waals surface area contributed by atoms with Crippen LogP contribution in [-0.4, -0.2) is 0 Å². The maximum atomic E-state index is 3.99. The van der Waals surface area contributed by atoms with E-state index < -0.39 is 0 Å². The molecular weight excluding hydrogens is 240 g/mol. The van der Waals surface area contributed by atoms with E-state index in [0.717, 1.165) is 0 Å². The molecule has 112 valence electrons. The molecule has 0 amide bonds. The van der Waals surface area contributed by atoms with Gasteiger partial charge in [-0.15, -0.1) is 0 Å². The number of hydrogen-bond donors (Lipinski definition) is 0. The summed E-state index contributed by atoms with van der Waals surface area (Å²) in [6.07, 6.45) is 15.2. The van der Waals surface area contributed by atoms with Gasteiger partial charge in [-0.1, -0.05) is 83.2 Å². The lowest BCUT2D eigenvalue weighted by Gasteiger charge is -2.13. The zero-order valence-electron chi connectivity index (χ0n) is 13.6. The number of aryl methyl sites for hydroxylation is 1. The molecule has 0 bridgehead atoms. The molecule has 1 aromatic rings. The van der Waals surface area contributed by atoms with Crippen LogP contribution in [0.3, 0.4) is 0 Å². The standard InChI is InChI=1S/C20H32/c1-4-7-9-11-14-19-16-13-15-18(6-3)20(19)17-12-10-8-5-2/h6,13,15-16H,3-5,7-12,14,17H2,1-2H3. The summed E-state index contributed by atoms with van der Waals surface area (Å²) in [6.45, 7) is 8.54. The Bertz CT molecular complexity index is 376. The lowest BCUT2D eigenvalue weighted by Crippen LogP contribution is -1.98. The van der Waals surface area contributed by atoms with Crippen LogP contribution in [-0.2, 0) is 12.8 Å². The van der Waals surface area contributed by atoms with E-state index in [1.165, 1.54) is 69.8 Å². The van der Waals surface area contributed by atoms with Crippen molar-refractivity contribution in [1.29, 1.82) is 0 Å². The van der Waals surface area contributed by atoms with E-state index in [4.69, 9.17) is 0 Å². The Morgan fingerprint density at radius 1 is 0.850 bits per heavy atom. The summed E-state index contributed by atoms with van der Waals surface area (Å²) in [7, 11) is 0. The number of benzene rings is 1. The molecule has 0 aliphatic carbocycles. The summed E-state index contributed by atoms with van der Waals surface area (Å²) >= 11 is 0. The Morgan fingerprint density at radius 3 is 2.10 bits per heavy atom. The molecule has 0 N–H and O–H groups in total. The van der Waals surface area contributed by atoms with Crippen LogP contribution in [0, 0.1) is 0 Å². The SMILES string of the molecule is C=Cc1cccc(CCCCCC)c1CCCCCC. The first-order valence-corrected chi connectivity index (χ1v) is 8.56. The quantitative estimate of drug-likeness (QED) is 0.399. The number of hydrogen-bond acceptors (Lipinski definition) is 0. The van der Waals surface area contributed by atoms with Crippen molar-refractivity contribution < 1.29 is 0 Å². The van der Waals surface area contributed by atoms with E-state index in [-0.39, 0.29) is 0 Å². The lowest BCUT2D eigenvalue weighted by molar-refractivity contribution is 0.650. The summed E-state index contributed by atoms with van der Waals surface area (Å²) < 4.78 is 0. The van der Waals surface area contributed by atoms with Crippen LogP contribution in [0.4, 0.5) is 0 Å². The van der Waals surface area contributed by atoms with E-state index in [2.05, 4.69) is 38.6 Å². The van der Waals surface area contributed by atoms with Gasteiger partial charge in [-0.2, -0.15) is 0 Å². The molecule has 0 fully saturated rings. The molecule has 0 heterocycles. The molecule has 0 radical (unpaired) electrons. The molecule has 0 nitrogen and oxygen atoms in total. The molecule has 0 aliphatic rings. The van der Waals surface area contributed by atoms with Crippen LogP contribution < -0.4 is 0 Å². The first-order chi connectivity index (χ1) is 9.83. The molecule has 0 saturated carbocycles. The maximum absolute atomic E-state index is 3.99. The average Bonchev–Trinajstić information content (AvgIpc) is 2.48. The number of rotatable bonds is 11. The Labute approximate surface area is 126 Å². The zero-order chi connectivity index (χ0) is 14.6. The minimum atomic E-state index is 1.23. The highest BCUT2D eigenvalue weighted by atomic mass is 14.1. The minimum absolute atomic E-state index is 1.23. The summed E-state index contributed by atoms with van der Waals surface area (Å²) in [4.78, 5) is 0. The summed E-state index contributed by atoms with van der Waals surface area (Å²) in [5.41, 5.74) is 4.49. The fourth-order valence-corrected chi connectivity index (χ4v) is 2.86. The smallest absolute Gasteiger partial charge is 0.0228 e. The molecule has 0 aliphatic heterocycles. The van der Waals surface area contributed by atoms with Crippen molar-refractivity contribution in [2.45, 2.75) is 78.1 Å². The third-order valence-corrected chi connectivity index (χ3v) is 4.11. The largest absolute Gasteiger partial charge is 0.0985 e. The average molecular weight is 272 g/mol.